The lowest BCUT2D eigenvalue weighted by Gasteiger charge is -2.24. The molecule has 2 aromatic carbocycles. The lowest BCUT2D eigenvalue weighted by molar-refractivity contribution is -0.118. The first-order chi connectivity index (χ1) is 11.7. The Kier molecular flexibility index (Phi) is 3.76. The summed E-state index contributed by atoms with van der Waals surface area (Å²) in [5, 5.41) is 3.27. The van der Waals surface area contributed by atoms with Crippen molar-refractivity contribution >= 4 is 17.3 Å². The second-order valence-corrected chi connectivity index (χ2v) is 6.09. The van der Waals surface area contributed by atoms with E-state index in [0.717, 1.165) is 35.8 Å². The Bertz CT molecular complexity index is 775. The van der Waals surface area contributed by atoms with Gasteiger partial charge in [0.05, 0.1) is 0 Å². The number of anilines is 2. The number of benzene rings is 2. The number of rotatable bonds is 3. The molecule has 0 spiro atoms. The first-order valence-electron chi connectivity index (χ1n) is 8.28. The fourth-order valence-corrected chi connectivity index (χ4v) is 3.25. The lowest BCUT2D eigenvalue weighted by Crippen LogP contribution is -2.40. The van der Waals surface area contributed by atoms with Crippen LogP contribution in [0.3, 0.4) is 0 Å². The van der Waals surface area contributed by atoms with Crippen LogP contribution in [-0.2, 0) is 11.2 Å². The maximum Gasteiger partial charge on any atom is 0.249 e. The molecule has 2 aliphatic heterocycles. The Morgan fingerprint density at radius 1 is 1.12 bits per heavy atom. The Morgan fingerprint density at radius 3 is 2.79 bits per heavy atom. The Balaban J connectivity index is 1.48. The number of para-hydroxylation sites is 1. The fraction of sp³-hybridized carbons (Fsp3) is 0.316. The molecule has 2 aliphatic rings. The highest BCUT2D eigenvalue weighted by Gasteiger charge is 2.27. The van der Waals surface area contributed by atoms with E-state index in [2.05, 4.69) is 11.4 Å². The smallest absolute Gasteiger partial charge is 0.249 e. The number of hydrogen-bond donors (Lipinski definition) is 1. The molecule has 4 rings (SSSR count). The molecule has 24 heavy (non-hydrogen) atoms. The molecule has 124 valence electrons. The SMILES string of the molecule is C[C@H](Nc1ccc2c(c1)OCCO2)C(=O)N1CCc2ccccc21. The highest BCUT2D eigenvalue weighted by molar-refractivity contribution is 6.00. The summed E-state index contributed by atoms with van der Waals surface area (Å²) >= 11 is 0. The van der Waals surface area contributed by atoms with Gasteiger partial charge < -0.3 is 19.7 Å². The van der Waals surface area contributed by atoms with E-state index in [0.29, 0.717) is 13.2 Å². The monoisotopic (exact) mass is 324 g/mol. The van der Waals surface area contributed by atoms with E-state index in [4.69, 9.17) is 9.47 Å². The van der Waals surface area contributed by atoms with Crippen molar-refractivity contribution in [2.75, 3.05) is 30.0 Å². The van der Waals surface area contributed by atoms with Crippen LogP contribution in [0.25, 0.3) is 0 Å². The number of hydrogen-bond acceptors (Lipinski definition) is 4. The number of ether oxygens (including phenoxy) is 2. The third-order valence-electron chi connectivity index (χ3n) is 4.45. The maximum absolute atomic E-state index is 12.8. The van der Waals surface area contributed by atoms with E-state index in [9.17, 15) is 4.79 Å². The summed E-state index contributed by atoms with van der Waals surface area (Å²) in [4.78, 5) is 14.7. The van der Waals surface area contributed by atoms with E-state index in [1.165, 1.54) is 5.56 Å². The van der Waals surface area contributed by atoms with Gasteiger partial charge in [-0.15, -0.1) is 0 Å². The molecule has 1 N–H and O–H groups in total. The zero-order valence-electron chi connectivity index (χ0n) is 13.6. The van der Waals surface area contributed by atoms with Crippen molar-refractivity contribution in [1.82, 2.24) is 0 Å². The zero-order chi connectivity index (χ0) is 16.5. The van der Waals surface area contributed by atoms with E-state index in [-0.39, 0.29) is 11.9 Å². The minimum atomic E-state index is -0.321. The van der Waals surface area contributed by atoms with Crippen molar-refractivity contribution < 1.29 is 14.3 Å². The quantitative estimate of drug-likeness (QED) is 0.943. The van der Waals surface area contributed by atoms with Gasteiger partial charge in [-0.05, 0) is 37.1 Å². The third-order valence-corrected chi connectivity index (χ3v) is 4.45. The van der Waals surface area contributed by atoms with Gasteiger partial charge in [-0.25, -0.2) is 0 Å². The molecule has 2 heterocycles. The minimum Gasteiger partial charge on any atom is -0.486 e. The van der Waals surface area contributed by atoms with Gasteiger partial charge in [0.1, 0.15) is 19.3 Å². The number of fused-ring (bicyclic) bond motifs is 2. The van der Waals surface area contributed by atoms with Crippen molar-refractivity contribution in [3.8, 4) is 11.5 Å². The first-order valence-corrected chi connectivity index (χ1v) is 8.28. The number of carbonyl (C=O) groups is 1. The number of nitrogens with one attached hydrogen (secondary N) is 1. The van der Waals surface area contributed by atoms with E-state index >= 15 is 0 Å². The Morgan fingerprint density at radius 2 is 1.92 bits per heavy atom. The summed E-state index contributed by atoms with van der Waals surface area (Å²) in [6.07, 6.45) is 0.915. The van der Waals surface area contributed by atoms with Gasteiger partial charge in [-0.1, -0.05) is 18.2 Å². The molecule has 1 amide bonds. The van der Waals surface area contributed by atoms with Crippen LogP contribution in [0.4, 0.5) is 11.4 Å². The first kappa shape index (κ1) is 14.9. The molecule has 0 unspecified atom stereocenters. The van der Waals surface area contributed by atoms with Crippen molar-refractivity contribution in [3.05, 3.63) is 48.0 Å². The molecule has 1 atom stereocenters. The van der Waals surface area contributed by atoms with Gasteiger partial charge in [0.25, 0.3) is 0 Å². The van der Waals surface area contributed by atoms with Gasteiger partial charge in [0.2, 0.25) is 5.91 Å². The van der Waals surface area contributed by atoms with Crippen molar-refractivity contribution in [1.29, 1.82) is 0 Å². The van der Waals surface area contributed by atoms with E-state index in [1.807, 2.05) is 48.2 Å². The van der Waals surface area contributed by atoms with Crippen molar-refractivity contribution in [3.63, 3.8) is 0 Å². The standard InChI is InChI=1S/C19H20N2O3/c1-13(19(22)21-9-8-14-4-2-3-5-16(14)21)20-15-6-7-17-18(12-15)24-11-10-23-17/h2-7,12-13,20H,8-11H2,1H3/t13-/m0/s1. The van der Waals surface area contributed by atoms with E-state index in [1.54, 1.807) is 0 Å². The molecule has 0 bridgehead atoms. The molecule has 0 aromatic heterocycles. The number of amides is 1. The molecule has 0 saturated heterocycles. The molecular formula is C19H20N2O3. The van der Waals surface area contributed by atoms with Crippen molar-refractivity contribution in [2.24, 2.45) is 0 Å². The van der Waals surface area contributed by atoms with Gasteiger partial charge in [0.15, 0.2) is 11.5 Å². The Hall–Kier alpha value is -2.69. The number of nitrogens with zero attached hydrogens (tertiary/aromatic N) is 1. The van der Waals surface area contributed by atoms with Crippen LogP contribution in [0, 0.1) is 0 Å². The van der Waals surface area contributed by atoms with Gasteiger partial charge in [0, 0.05) is 24.0 Å². The summed E-state index contributed by atoms with van der Waals surface area (Å²) in [7, 11) is 0. The molecule has 5 heteroatoms. The van der Waals surface area contributed by atoms with Crippen LogP contribution in [0.15, 0.2) is 42.5 Å². The summed E-state index contributed by atoms with van der Waals surface area (Å²) in [6.45, 7) is 3.75. The average molecular weight is 324 g/mol. The third kappa shape index (κ3) is 2.66. The Labute approximate surface area is 141 Å². The second kappa shape index (κ2) is 6.07. The molecule has 0 aliphatic carbocycles. The molecule has 0 saturated carbocycles. The molecule has 5 nitrogen and oxygen atoms in total. The predicted octanol–water partition coefficient (Wildman–Crippen LogP) is 2.85. The molecule has 0 radical (unpaired) electrons. The summed E-state index contributed by atoms with van der Waals surface area (Å²) in [5.41, 5.74) is 3.11. The van der Waals surface area contributed by atoms with Gasteiger partial charge in [-0.3, -0.25) is 4.79 Å². The molecule has 0 fully saturated rings. The summed E-state index contributed by atoms with van der Waals surface area (Å²) < 4.78 is 11.1. The van der Waals surface area contributed by atoms with Gasteiger partial charge in [-0.2, -0.15) is 0 Å². The van der Waals surface area contributed by atoms with E-state index < -0.39 is 0 Å². The predicted molar refractivity (Wildman–Crippen MR) is 93.0 cm³/mol. The van der Waals surface area contributed by atoms with Crippen LogP contribution < -0.4 is 19.7 Å². The van der Waals surface area contributed by atoms with Crippen LogP contribution in [0.2, 0.25) is 0 Å². The topological polar surface area (TPSA) is 50.8 Å². The van der Waals surface area contributed by atoms with Crippen LogP contribution in [0.5, 0.6) is 11.5 Å². The van der Waals surface area contributed by atoms with Crippen LogP contribution in [0.1, 0.15) is 12.5 Å². The second-order valence-electron chi connectivity index (χ2n) is 6.09. The highest BCUT2D eigenvalue weighted by Crippen LogP contribution is 2.33. The van der Waals surface area contributed by atoms with Crippen LogP contribution >= 0.6 is 0 Å². The summed E-state index contributed by atoms with van der Waals surface area (Å²) in [5.74, 6) is 1.55. The molecular weight excluding hydrogens is 304 g/mol. The molecule has 2 aromatic rings. The lowest BCUT2D eigenvalue weighted by atomic mass is 10.2. The minimum absolute atomic E-state index is 0.0786. The zero-order valence-corrected chi connectivity index (χ0v) is 13.6. The number of carbonyl (C=O) groups excluding carboxylic acids is 1. The average Bonchev–Trinajstić information content (AvgIpc) is 3.05. The maximum atomic E-state index is 12.8. The largest absolute Gasteiger partial charge is 0.486 e. The fourth-order valence-electron chi connectivity index (χ4n) is 3.25. The normalized spacial score (nSPS) is 16.5. The van der Waals surface area contributed by atoms with Crippen molar-refractivity contribution in [2.45, 2.75) is 19.4 Å². The van der Waals surface area contributed by atoms with Gasteiger partial charge >= 0.3 is 0 Å². The van der Waals surface area contributed by atoms with Crippen LogP contribution in [-0.4, -0.2) is 31.7 Å². The summed E-state index contributed by atoms with van der Waals surface area (Å²) in [6, 6.07) is 13.4. The highest BCUT2D eigenvalue weighted by atomic mass is 16.6.